The van der Waals surface area contributed by atoms with Crippen LogP contribution in [0.1, 0.15) is 46.5 Å². The van der Waals surface area contributed by atoms with Crippen LogP contribution in [0.2, 0.25) is 0 Å². The molecule has 0 aromatic rings. The summed E-state index contributed by atoms with van der Waals surface area (Å²) in [7, 11) is 0. The molecule has 1 fully saturated rings. The zero-order chi connectivity index (χ0) is 11.1. The maximum absolute atomic E-state index is 5.99. The second-order valence-corrected chi connectivity index (χ2v) is 5.71. The maximum Gasteiger partial charge on any atom is 0.125 e. The molecule has 0 amide bonds. The van der Waals surface area contributed by atoms with Gasteiger partial charge in [-0.1, -0.05) is 33.4 Å². The van der Waals surface area contributed by atoms with Crippen LogP contribution in [0.4, 0.5) is 0 Å². The smallest absolute Gasteiger partial charge is 0.125 e. The summed E-state index contributed by atoms with van der Waals surface area (Å²) in [5, 5.41) is 0. The van der Waals surface area contributed by atoms with E-state index in [0.717, 1.165) is 12.2 Å². The van der Waals surface area contributed by atoms with Crippen LogP contribution in [-0.4, -0.2) is 6.10 Å². The van der Waals surface area contributed by atoms with E-state index < -0.39 is 0 Å². The van der Waals surface area contributed by atoms with Gasteiger partial charge in [-0.15, -0.1) is 0 Å². The molecule has 0 bridgehead atoms. The van der Waals surface area contributed by atoms with Gasteiger partial charge in [-0.2, -0.15) is 0 Å². The Hall–Kier alpha value is -0.720. The maximum atomic E-state index is 5.99. The van der Waals surface area contributed by atoms with E-state index in [4.69, 9.17) is 4.74 Å². The Morgan fingerprint density at radius 3 is 2.80 bits per heavy atom. The van der Waals surface area contributed by atoms with Crippen molar-refractivity contribution >= 4 is 0 Å². The Kier molecular flexibility index (Phi) is 2.66. The van der Waals surface area contributed by atoms with Crippen molar-refractivity contribution in [2.45, 2.75) is 52.6 Å². The van der Waals surface area contributed by atoms with Gasteiger partial charge < -0.3 is 4.74 Å². The fourth-order valence-electron chi connectivity index (χ4n) is 2.73. The lowest BCUT2D eigenvalue weighted by Crippen LogP contribution is -2.38. The van der Waals surface area contributed by atoms with Crippen molar-refractivity contribution in [3.63, 3.8) is 0 Å². The molecular formula is C14H22O. The fraction of sp³-hybridized carbons (Fsp3) is 0.714. The molecule has 1 heteroatoms. The molecule has 1 nitrogen and oxygen atoms in total. The number of allylic oxidation sites excluding steroid dienone is 2. The molecule has 1 unspecified atom stereocenters. The molecule has 0 aromatic heterocycles. The lowest BCUT2D eigenvalue weighted by Gasteiger charge is -2.41. The van der Waals surface area contributed by atoms with Crippen LogP contribution in [0, 0.1) is 11.3 Å². The van der Waals surface area contributed by atoms with Crippen LogP contribution in [0.5, 0.6) is 0 Å². The number of hydrogen-bond donors (Lipinski definition) is 0. The summed E-state index contributed by atoms with van der Waals surface area (Å²) >= 11 is 0. The molecule has 0 radical (unpaired) electrons. The molecule has 2 rings (SSSR count). The van der Waals surface area contributed by atoms with Gasteiger partial charge in [0.15, 0.2) is 0 Å². The molecule has 0 N–H and O–H groups in total. The van der Waals surface area contributed by atoms with Crippen LogP contribution < -0.4 is 0 Å². The highest BCUT2D eigenvalue weighted by Crippen LogP contribution is 2.44. The first kappa shape index (κ1) is 10.8. The summed E-state index contributed by atoms with van der Waals surface area (Å²) in [6.07, 6.45) is 7.38. The summed E-state index contributed by atoms with van der Waals surface area (Å²) in [5.74, 6) is 1.67. The molecule has 1 saturated heterocycles. The Morgan fingerprint density at radius 1 is 1.47 bits per heavy atom. The topological polar surface area (TPSA) is 9.23 Å². The van der Waals surface area contributed by atoms with E-state index in [9.17, 15) is 0 Å². The Labute approximate surface area is 93.2 Å². The van der Waals surface area contributed by atoms with E-state index >= 15 is 0 Å². The molecule has 2 aliphatic rings. The average molecular weight is 206 g/mol. The van der Waals surface area contributed by atoms with Gasteiger partial charge in [0.05, 0.1) is 5.76 Å². The Morgan fingerprint density at radius 2 is 2.20 bits per heavy atom. The quantitative estimate of drug-likeness (QED) is 0.588. The molecule has 15 heavy (non-hydrogen) atoms. The highest BCUT2D eigenvalue weighted by molar-refractivity contribution is 5.21. The van der Waals surface area contributed by atoms with Crippen molar-refractivity contribution in [2.24, 2.45) is 11.3 Å². The van der Waals surface area contributed by atoms with Crippen LogP contribution in [0.25, 0.3) is 0 Å². The van der Waals surface area contributed by atoms with Crippen molar-refractivity contribution in [1.82, 2.24) is 0 Å². The van der Waals surface area contributed by atoms with Gasteiger partial charge in [-0.05, 0) is 30.8 Å². The van der Waals surface area contributed by atoms with Crippen molar-refractivity contribution in [2.75, 3.05) is 0 Å². The highest BCUT2D eigenvalue weighted by Gasteiger charge is 2.39. The summed E-state index contributed by atoms with van der Waals surface area (Å²) in [4.78, 5) is 0. The second-order valence-electron chi connectivity index (χ2n) is 5.71. The largest absolute Gasteiger partial charge is 0.490 e. The fourth-order valence-corrected chi connectivity index (χ4v) is 2.73. The van der Waals surface area contributed by atoms with Gasteiger partial charge in [0, 0.05) is 11.8 Å². The minimum absolute atomic E-state index is 0.269. The number of rotatable bonds is 1. The molecule has 1 aliphatic heterocycles. The van der Waals surface area contributed by atoms with E-state index in [1.807, 2.05) is 0 Å². The second kappa shape index (κ2) is 3.70. The molecule has 1 heterocycles. The molecule has 1 aliphatic carbocycles. The van der Waals surface area contributed by atoms with Gasteiger partial charge in [-0.25, -0.2) is 0 Å². The van der Waals surface area contributed by atoms with Crippen molar-refractivity contribution in [1.29, 1.82) is 0 Å². The first-order valence-corrected chi connectivity index (χ1v) is 6.05. The minimum Gasteiger partial charge on any atom is -0.490 e. The van der Waals surface area contributed by atoms with Gasteiger partial charge in [0.25, 0.3) is 0 Å². The van der Waals surface area contributed by atoms with Crippen molar-refractivity contribution in [3.05, 3.63) is 24.0 Å². The molecule has 0 aromatic carbocycles. The first-order valence-electron chi connectivity index (χ1n) is 6.05. The van der Waals surface area contributed by atoms with Crippen molar-refractivity contribution < 1.29 is 4.74 Å². The van der Waals surface area contributed by atoms with E-state index in [2.05, 4.69) is 33.4 Å². The first-order chi connectivity index (χ1) is 7.00. The molecular weight excluding hydrogens is 184 g/mol. The van der Waals surface area contributed by atoms with Crippen LogP contribution >= 0.6 is 0 Å². The summed E-state index contributed by atoms with van der Waals surface area (Å²) in [6, 6.07) is 0. The van der Waals surface area contributed by atoms with Gasteiger partial charge in [0.2, 0.25) is 0 Å². The van der Waals surface area contributed by atoms with Crippen LogP contribution in [0.3, 0.4) is 0 Å². The molecule has 0 saturated carbocycles. The van der Waals surface area contributed by atoms with Crippen LogP contribution in [0.15, 0.2) is 24.0 Å². The van der Waals surface area contributed by atoms with Crippen LogP contribution in [-0.2, 0) is 4.74 Å². The minimum atomic E-state index is 0.269. The lowest BCUT2D eigenvalue weighted by molar-refractivity contribution is -0.00329. The van der Waals surface area contributed by atoms with E-state index in [-0.39, 0.29) is 11.5 Å². The normalized spacial score (nSPS) is 34.9. The lowest BCUT2D eigenvalue weighted by atomic mass is 9.75. The third-order valence-corrected chi connectivity index (χ3v) is 3.89. The zero-order valence-electron chi connectivity index (χ0n) is 10.2. The molecule has 84 valence electrons. The molecule has 2 atom stereocenters. The Bertz CT molecular complexity index is 298. The van der Waals surface area contributed by atoms with Crippen molar-refractivity contribution in [3.8, 4) is 0 Å². The predicted octanol–water partition coefficient (Wildman–Crippen LogP) is 4.06. The standard InChI is InChI=1S/C14H22O/c1-10-6-5-7-12(10)13-14(3,4)9-8-11(2)15-13/h7,10,13H,2,5-6,8-9H2,1,3-4H3/t10-,13?/m1/s1. The monoisotopic (exact) mass is 206 g/mol. The summed E-state index contributed by atoms with van der Waals surface area (Å²) in [5.41, 5.74) is 1.78. The molecule has 0 spiro atoms. The number of hydrogen-bond acceptors (Lipinski definition) is 1. The van der Waals surface area contributed by atoms with Gasteiger partial charge in [-0.3, -0.25) is 0 Å². The SMILES string of the molecule is C=C1CCC(C)(C)C(C2=CCC[C@H]2C)O1. The highest BCUT2D eigenvalue weighted by atomic mass is 16.5. The summed E-state index contributed by atoms with van der Waals surface area (Å²) in [6.45, 7) is 10.9. The predicted molar refractivity (Wildman–Crippen MR) is 63.5 cm³/mol. The number of ether oxygens (including phenoxy) is 1. The zero-order valence-corrected chi connectivity index (χ0v) is 10.2. The van der Waals surface area contributed by atoms with E-state index in [0.29, 0.717) is 5.92 Å². The van der Waals surface area contributed by atoms with E-state index in [1.54, 1.807) is 0 Å². The summed E-state index contributed by atoms with van der Waals surface area (Å²) < 4.78 is 5.99. The average Bonchev–Trinajstić information content (AvgIpc) is 2.56. The van der Waals surface area contributed by atoms with Gasteiger partial charge in [0.1, 0.15) is 6.10 Å². The Balaban J connectivity index is 2.21. The van der Waals surface area contributed by atoms with Gasteiger partial charge >= 0.3 is 0 Å². The third-order valence-electron chi connectivity index (χ3n) is 3.89. The third kappa shape index (κ3) is 1.97. The van der Waals surface area contributed by atoms with E-state index in [1.165, 1.54) is 24.8 Å².